The van der Waals surface area contributed by atoms with Crippen LogP contribution in [0.1, 0.15) is 122 Å². The molecular formula is C66H79F3N2O9Si. The van der Waals surface area contributed by atoms with E-state index in [4.69, 9.17) is 41.4 Å². The van der Waals surface area contributed by atoms with Gasteiger partial charge < -0.3 is 51.2 Å². The van der Waals surface area contributed by atoms with E-state index in [-0.39, 0.29) is 13.2 Å². The second-order valence-corrected chi connectivity index (χ2v) is 26.4. The largest absolute Gasteiger partial charge is 0.681 e. The summed E-state index contributed by atoms with van der Waals surface area (Å²) in [6.45, 7) is 28.1. The van der Waals surface area contributed by atoms with Gasteiger partial charge in [-0.25, -0.2) is 0 Å². The van der Waals surface area contributed by atoms with Crippen molar-refractivity contribution >= 4 is 37.3 Å². The zero-order valence-corrected chi connectivity index (χ0v) is 50.2. The molecule has 0 spiro atoms. The molecule has 0 bridgehead atoms. The van der Waals surface area contributed by atoms with Gasteiger partial charge in [-0.3, -0.25) is 0 Å². The highest BCUT2D eigenvalue weighted by atomic mass is 28.4. The Morgan fingerprint density at radius 1 is 0.617 bits per heavy atom. The molecule has 1 unspecified atom stereocenters. The summed E-state index contributed by atoms with van der Waals surface area (Å²) in [6, 6.07) is 33.1. The molecular weight excluding hydrogens is 1050 g/mol. The highest BCUT2D eigenvalue weighted by molar-refractivity contribution is 6.54. The molecule has 3 heterocycles. The zero-order valence-electron chi connectivity index (χ0n) is 49.2. The molecule has 6 aromatic rings. The standard InChI is InChI=1S/C66H79F3N2O9Si/c1-13-64(14-2)55-41-45(44-15-18-48(19-16-44)66(67,68)69)17-28-51(55)58-53-42-56(71-33-37-74-38-34-71)57(72-12)43-54(53)60-52(59(58)64)29-30-65(77-60,46-20-24-49(25-21-46)70-31-35-73-36-32-70)47-22-26-50(27-23-47)75-39-40-76-81(78-61(3,4)5,79-62(6,7)8)80-63(9,10)11/h15-30,41-43H,13-14,31-40H2,1-12H3. The first-order valence-corrected chi connectivity index (χ1v) is 30.2. The lowest BCUT2D eigenvalue weighted by Crippen LogP contribution is -2.59. The van der Waals surface area contributed by atoms with E-state index in [1.165, 1.54) is 17.7 Å². The van der Waals surface area contributed by atoms with Crippen molar-refractivity contribution in [3.63, 3.8) is 0 Å². The van der Waals surface area contributed by atoms with Crippen LogP contribution in [0.3, 0.4) is 0 Å². The molecule has 11 nitrogen and oxygen atoms in total. The van der Waals surface area contributed by atoms with Crippen molar-refractivity contribution in [2.75, 3.05) is 82.7 Å². The topological polar surface area (TPSA) is 89.6 Å². The van der Waals surface area contributed by atoms with Crippen LogP contribution < -0.4 is 24.0 Å². The molecule has 1 aliphatic carbocycles. The van der Waals surface area contributed by atoms with Crippen LogP contribution in [0.25, 0.3) is 39.1 Å². The minimum absolute atomic E-state index is 0.156. The van der Waals surface area contributed by atoms with E-state index in [2.05, 4.69) is 96.5 Å². The number of benzene rings is 6. The number of rotatable bonds is 16. The summed E-state index contributed by atoms with van der Waals surface area (Å²) < 4.78 is 99.7. The molecule has 0 amide bonds. The van der Waals surface area contributed by atoms with Crippen molar-refractivity contribution in [2.45, 2.75) is 123 Å². The first-order chi connectivity index (χ1) is 38.4. The lowest BCUT2D eigenvalue weighted by Gasteiger charge is -2.41. The summed E-state index contributed by atoms with van der Waals surface area (Å²) in [6.07, 6.45) is 1.55. The Bertz CT molecular complexity index is 3200. The molecule has 432 valence electrons. The molecule has 3 aliphatic heterocycles. The second-order valence-electron chi connectivity index (χ2n) is 24.5. The number of alkyl halides is 3. The molecule has 1 atom stereocenters. The Kier molecular flexibility index (Phi) is 16.1. The fourth-order valence-corrected chi connectivity index (χ4v) is 15.0. The normalized spacial score (nSPS) is 18.4. The first kappa shape index (κ1) is 58.3. The van der Waals surface area contributed by atoms with Crippen LogP contribution in [0, 0.1) is 0 Å². The highest BCUT2D eigenvalue weighted by Crippen LogP contribution is 2.62. The van der Waals surface area contributed by atoms with Crippen LogP contribution in [-0.4, -0.2) is 98.8 Å². The summed E-state index contributed by atoms with van der Waals surface area (Å²) in [7, 11) is -2.01. The number of morpholine rings is 2. The van der Waals surface area contributed by atoms with Gasteiger partial charge in [-0.15, -0.1) is 0 Å². The van der Waals surface area contributed by atoms with E-state index in [1.54, 1.807) is 19.2 Å². The molecule has 0 N–H and O–H groups in total. The van der Waals surface area contributed by atoms with E-state index in [1.807, 2.05) is 80.5 Å². The molecule has 81 heavy (non-hydrogen) atoms. The minimum atomic E-state index is -4.43. The maximum Gasteiger partial charge on any atom is 0.681 e. The van der Waals surface area contributed by atoms with Crippen molar-refractivity contribution in [2.24, 2.45) is 0 Å². The SMILES string of the molecule is CCC1(CC)c2cc(-c3ccc(C(F)(F)F)cc3)ccc2-c2c1c1c(c3cc(OC)c(N4CCOCC4)cc23)OC(c2ccc(OCCO[Si](OC(C)(C)C)(OC(C)(C)C)OC(C)(C)C)cc2)(c2ccc(N3CCOCC3)cc2)C=C1. The average molecular weight is 1130 g/mol. The van der Waals surface area contributed by atoms with Gasteiger partial charge in [0.25, 0.3) is 0 Å². The van der Waals surface area contributed by atoms with E-state index in [9.17, 15) is 13.2 Å². The number of anilines is 2. The Hall–Kier alpha value is -5.91. The third kappa shape index (κ3) is 11.9. The van der Waals surface area contributed by atoms with Crippen molar-refractivity contribution in [3.05, 3.63) is 143 Å². The molecule has 0 saturated carbocycles. The number of hydrogen-bond acceptors (Lipinski definition) is 11. The van der Waals surface area contributed by atoms with Gasteiger partial charge in [0.1, 0.15) is 23.9 Å². The van der Waals surface area contributed by atoms with Crippen molar-refractivity contribution < 1.29 is 54.6 Å². The van der Waals surface area contributed by atoms with Crippen LogP contribution in [0.2, 0.25) is 0 Å². The van der Waals surface area contributed by atoms with Gasteiger partial charge in [-0.1, -0.05) is 68.5 Å². The maximum atomic E-state index is 13.8. The third-order valence-corrected chi connectivity index (χ3v) is 18.8. The molecule has 0 aromatic heterocycles. The van der Waals surface area contributed by atoms with E-state index >= 15 is 0 Å². The van der Waals surface area contributed by atoms with Crippen LogP contribution in [0.5, 0.6) is 17.2 Å². The lowest BCUT2D eigenvalue weighted by molar-refractivity contribution is -0.138. The molecule has 10 rings (SSSR count). The van der Waals surface area contributed by atoms with Gasteiger partial charge in [-0.2, -0.15) is 13.2 Å². The summed E-state index contributed by atoms with van der Waals surface area (Å²) in [5.74, 6) is 2.10. The number of hydrogen-bond donors (Lipinski definition) is 0. The Morgan fingerprint density at radius 3 is 1.72 bits per heavy atom. The van der Waals surface area contributed by atoms with Crippen LogP contribution >= 0.6 is 0 Å². The molecule has 6 aromatic carbocycles. The molecule has 15 heteroatoms. The lowest BCUT2D eigenvalue weighted by atomic mass is 9.70. The van der Waals surface area contributed by atoms with Gasteiger partial charge in [-0.05, 0) is 175 Å². The van der Waals surface area contributed by atoms with Crippen molar-refractivity contribution in [1.29, 1.82) is 0 Å². The first-order valence-electron chi connectivity index (χ1n) is 28.6. The number of fused-ring (bicyclic) bond motifs is 8. The van der Waals surface area contributed by atoms with Crippen LogP contribution in [0.15, 0.2) is 109 Å². The highest BCUT2D eigenvalue weighted by Gasteiger charge is 2.54. The Morgan fingerprint density at radius 2 is 1.17 bits per heavy atom. The molecule has 4 aliphatic rings. The van der Waals surface area contributed by atoms with Crippen molar-refractivity contribution in [1.82, 2.24) is 0 Å². The van der Waals surface area contributed by atoms with Gasteiger partial charge in [0.05, 0.1) is 68.2 Å². The number of methoxy groups -OCH3 is 1. The van der Waals surface area contributed by atoms with Gasteiger partial charge in [0.15, 0.2) is 5.60 Å². The summed E-state index contributed by atoms with van der Waals surface area (Å²) >= 11 is 0. The predicted octanol–water partition coefficient (Wildman–Crippen LogP) is 14.9. The van der Waals surface area contributed by atoms with Gasteiger partial charge in [0.2, 0.25) is 0 Å². The van der Waals surface area contributed by atoms with E-state index in [0.29, 0.717) is 45.3 Å². The molecule has 2 fully saturated rings. The number of nitrogens with zero attached hydrogens (tertiary/aromatic N) is 2. The van der Waals surface area contributed by atoms with E-state index in [0.717, 1.165) is 104 Å². The Labute approximate surface area is 477 Å². The summed E-state index contributed by atoms with van der Waals surface area (Å²) in [5.41, 5.74) is 6.89. The summed E-state index contributed by atoms with van der Waals surface area (Å²) in [5, 5.41) is 1.93. The number of halogens is 3. The van der Waals surface area contributed by atoms with Crippen LogP contribution in [-0.2, 0) is 44.4 Å². The Balaban J connectivity index is 1.09. The second kappa shape index (κ2) is 22.3. The summed E-state index contributed by atoms with van der Waals surface area (Å²) in [4.78, 5) is 4.68. The fourth-order valence-electron chi connectivity index (χ4n) is 12.1. The predicted molar refractivity (Wildman–Crippen MR) is 317 cm³/mol. The van der Waals surface area contributed by atoms with Crippen LogP contribution in [0.4, 0.5) is 24.5 Å². The zero-order chi connectivity index (χ0) is 57.8. The monoisotopic (exact) mass is 1130 g/mol. The fraction of sp³-hybridized carbons (Fsp3) is 0.455. The third-order valence-electron chi connectivity index (χ3n) is 15.6. The van der Waals surface area contributed by atoms with Gasteiger partial charge in [0, 0.05) is 59.4 Å². The average Bonchev–Trinajstić information content (AvgIpc) is 3.90. The molecule has 2 saturated heterocycles. The molecule has 0 radical (unpaired) electrons. The maximum absolute atomic E-state index is 13.8. The number of ether oxygens (including phenoxy) is 5. The quantitative estimate of drug-likeness (QED) is 0.0686. The smallest absolute Gasteiger partial charge is 0.495 e. The van der Waals surface area contributed by atoms with Crippen molar-refractivity contribution in [3.8, 4) is 39.5 Å². The minimum Gasteiger partial charge on any atom is -0.495 e. The van der Waals surface area contributed by atoms with E-state index < -0.39 is 48.6 Å². The van der Waals surface area contributed by atoms with Gasteiger partial charge >= 0.3 is 15.2 Å².